The fraction of sp³-hybridized carbons (Fsp3) is 0.400. The van der Waals surface area contributed by atoms with Crippen molar-refractivity contribution in [3.05, 3.63) is 42.5 Å². The maximum Gasteiger partial charge on any atom is 0.269 e. The molecule has 0 aromatic carbocycles. The number of hydrogen-bond donors (Lipinski definition) is 3. The molecule has 3 N–H and O–H groups in total. The zero-order valence-corrected chi connectivity index (χ0v) is 21.3. The molecule has 12 nitrogen and oxygen atoms in total. The first-order valence-electron chi connectivity index (χ1n) is 12.3. The summed E-state index contributed by atoms with van der Waals surface area (Å²) >= 11 is 0. The highest BCUT2D eigenvalue weighted by Gasteiger charge is 2.36. The minimum absolute atomic E-state index is 0.00193. The van der Waals surface area contributed by atoms with Crippen molar-refractivity contribution >= 4 is 40.8 Å². The Morgan fingerprint density at radius 2 is 2.05 bits per heavy atom. The second kappa shape index (κ2) is 10.7. The lowest BCUT2D eigenvalue weighted by atomic mass is 10.1. The third kappa shape index (κ3) is 5.73. The number of halogens is 1. The molecule has 2 aliphatic rings. The topological polar surface area (TPSA) is 136 Å². The van der Waals surface area contributed by atoms with Crippen LogP contribution in [0.4, 0.5) is 39.3 Å². The zero-order valence-electron chi connectivity index (χ0n) is 21.3. The molecule has 1 atom stereocenters. The van der Waals surface area contributed by atoms with Gasteiger partial charge < -0.3 is 35.1 Å². The number of aromatic nitrogens is 4. The summed E-state index contributed by atoms with van der Waals surface area (Å²) in [4.78, 5) is 31.4. The summed E-state index contributed by atoms with van der Waals surface area (Å²) in [5.74, 6) is 0.841. The number of carbonyl (C=O) groups excluding carboxylic acids is 1. The first-order valence-corrected chi connectivity index (χ1v) is 12.3. The molecule has 38 heavy (non-hydrogen) atoms. The summed E-state index contributed by atoms with van der Waals surface area (Å²) in [6.45, 7) is 8.51. The number of carbonyl (C=O) groups is 1. The Hall–Kier alpha value is -4.10. The van der Waals surface area contributed by atoms with Crippen LogP contribution in [0.2, 0.25) is 0 Å². The molecule has 1 saturated heterocycles. The lowest BCUT2D eigenvalue weighted by Crippen LogP contribution is -2.46. The number of amides is 1. The quantitative estimate of drug-likeness (QED) is 0.401. The summed E-state index contributed by atoms with van der Waals surface area (Å²) in [7, 11) is 0. The zero-order chi connectivity index (χ0) is 26.7. The number of morpholine rings is 1. The fourth-order valence-electron chi connectivity index (χ4n) is 3.96. The van der Waals surface area contributed by atoms with Gasteiger partial charge in [0.1, 0.15) is 11.6 Å². The van der Waals surface area contributed by atoms with Crippen molar-refractivity contribution in [3.63, 3.8) is 0 Å². The molecule has 0 aliphatic carbocycles. The van der Waals surface area contributed by atoms with Crippen LogP contribution in [-0.4, -0.2) is 70.5 Å². The van der Waals surface area contributed by atoms with Crippen LogP contribution in [0, 0.1) is 5.82 Å². The Morgan fingerprint density at radius 3 is 2.84 bits per heavy atom. The van der Waals surface area contributed by atoms with Crippen LogP contribution in [0.25, 0.3) is 0 Å². The predicted molar refractivity (Wildman–Crippen MR) is 139 cm³/mol. The van der Waals surface area contributed by atoms with Gasteiger partial charge in [-0.25, -0.2) is 19.3 Å². The van der Waals surface area contributed by atoms with Crippen LogP contribution >= 0.6 is 0 Å². The lowest BCUT2D eigenvalue weighted by molar-refractivity contribution is -0.129. The van der Waals surface area contributed by atoms with Gasteiger partial charge in [-0.1, -0.05) is 0 Å². The predicted octanol–water partition coefficient (Wildman–Crippen LogP) is 3.24. The van der Waals surface area contributed by atoms with E-state index in [1.54, 1.807) is 32.2 Å². The average molecular weight is 525 g/mol. The first-order chi connectivity index (χ1) is 18.3. The van der Waals surface area contributed by atoms with Crippen LogP contribution in [0.3, 0.4) is 0 Å². The number of fused-ring (bicyclic) bond motifs is 1. The Kier molecular flexibility index (Phi) is 7.20. The van der Waals surface area contributed by atoms with E-state index < -0.39 is 11.4 Å². The molecule has 5 rings (SSSR count). The largest absolute Gasteiger partial charge is 0.474 e. The van der Waals surface area contributed by atoms with Crippen LogP contribution in [0.5, 0.6) is 5.75 Å². The van der Waals surface area contributed by atoms with Gasteiger partial charge in [0.25, 0.3) is 5.91 Å². The highest BCUT2D eigenvalue weighted by molar-refractivity contribution is 5.99. The third-order valence-corrected chi connectivity index (χ3v) is 5.97. The van der Waals surface area contributed by atoms with Gasteiger partial charge in [0, 0.05) is 19.7 Å². The Morgan fingerprint density at radius 1 is 1.18 bits per heavy atom. The van der Waals surface area contributed by atoms with Crippen LogP contribution in [0.1, 0.15) is 20.8 Å². The van der Waals surface area contributed by atoms with Gasteiger partial charge in [-0.2, -0.15) is 4.98 Å². The van der Waals surface area contributed by atoms with Gasteiger partial charge >= 0.3 is 0 Å². The molecule has 1 amide bonds. The minimum atomic E-state index is -1.01. The van der Waals surface area contributed by atoms with Gasteiger partial charge in [-0.15, -0.1) is 0 Å². The first kappa shape index (κ1) is 25.5. The average Bonchev–Trinajstić information content (AvgIpc) is 2.91. The van der Waals surface area contributed by atoms with E-state index in [0.717, 1.165) is 18.6 Å². The van der Waals surface area contributed by atoms with E-state index in [0.29, 0.717) is 37.8 Å². The van der Waals surface area contributed by atoms with E-state index in [1.165, 1.54) is 0 Å². The van der Waals surface area contributed by atoms with Gasteiger partial charge in [-0.3, -0.25) is 4.79 Å². The second-order valence-electron chi connectivity index (χ2n) is 9.25. The summed E-state index contributed by atoms with van der Waals surface area (Å²) in [5.41, 5.74) is -0.371. The molecule has 5 heterocycles. The summed E-state index contributed by atoms with van der Waals surface area (Å²) in [6, 6.07) is 6.99. The molecule has 0 spiro atoms. The SMILES string of the molecule is CCOC[C@H]1CN(c2ccc(Nc3ncc(F)c(Nc4ccc5c(n4)NC(=O)C(C)(C)O5)n3)cn2)CCO1. The van der Waals surface area contributed by atoms with E-state index >= 15 is 0 Å². The van der Waals surface area contributed by atoms with Crippen molar-refractivity contribution in [2.45, 2.75) is 32.5 Å². The molecule has 0 bridgehead atoms. The second-order valence-corrected chi connectivity index (χ2v) is 9.25. The molecule has 1 fully saturated rings. The van der Waals surface area contributed by atoms with Gasteiger partial charge in [-0.05, 0) is 45.0 Å². The third-order valence-electron chi connectivity index (χ3n) is 5.97. The molecule has 3 aromatic rings. The molecule has 0 saturated carbocycles. The van der Waals surface area contributed by atoms with Crippen molar-refractivity contribution in [1.82, 2.24) is 19.9 Å². The van der Waals surface area contributed by atoms with Crippen molar-refractivity contribution in [1.29, 1.82) is 0 Å². The van der Waals surface area contributed by atoms with Crippen molar-refractivity contribution in [3.8, 4) is 5.75 Å². The maximum atomic E-state index is 14.5. The standard InChI is InChI=1S/C25H29FN8O4/c1-4-36-14-16-13-34(9-10-37-16)20-8-5-15(11-27-20)29-24-28-12-17(26)21(33-24)30-19-7-6-18-22(31-19)32-23(35)25(2,3)38-18/h5-8,11-12,16H,4,9-10,13-14H2,1-3H3,(H3,28,29,30,31,32,33,35)/t16-/m1/s1. The molecule has 2 aliphatic heterocycles. The Bertz CT molecular complexity index is 1310. The number of hydrogen-bond acceptors (Lipinski definition) is 11. The fourth-order valence-corrected chi connectivity index (χ4v) is 3.96. The molecule has 13 heteroatoms. The number of nitrogens with zero attached hydrogens (tertiary/aromatic N) is 5. The van der Waals surface area contributed by atoms with Crippen molar-refractivity contribution < 1.29 is 23.4 Å². The van der Waals surface area contributed by atoms with Crippen LogP contribution in [0.15, 0.2) is 36.7 Å². The monoisotopic (exact) mass is 524 g/mol. The van der Waals surface area contributed by atoms with Crippen LogP contribution < -0.4 is 25.6 Å². The van der Waals surface area contributed by atoms with Crippen molar-refractivity contribution in [2.24, 2.45) is 0 Å². The van der Waals surface area contributed by atoms with Crippen LogP contribution in [-0.2, 0) is 14.3 Å². The molecule has 0 unspecified atom stereocenters. The molecule has 0 radical (unpaired) electrons. The Balaban J connectivity index is 1.25. The molecular weight excluding hydrogens is 495 g/mol. The number of nitrogens with one attached hydrogen (secondary N) is 3. The normalized spacial score (nSPS) is 18.3. The maximum absolute atomic E-state index is 14.5. The molecular formula is C25H29FN8O4. The Labute approximate surface area is 219 Å². The highest BCUT2D eigenvalue weighted by Crippen LogP contribution is 2.33. The van der Waals surface area contributed by atoms with Crippen molar-refractivity contribution in [2.75, 3.05) is 53.8 Å². The lowest BCUT2D eigenvalue weighted by Gasteiger charge is -2.33. The highest BCUT2D eigenvalue weighted by atomic mass is 19.1. The number of rotatable bonds is 8. The van der Waals surface area contributed by atoms with E-state index in [1.807, 2.05) is 19.1 Å². The summed E-state index contributed by atoms with van der Waals surface area (Å²) < 4.78 is 31.4. The number of ether oxygens (including phenoxy) is 3. The minimum Gasteiger partial charge on any atom is -0.474 e. The smallest absolute Gasteiger partial charge is 0.269 e. The van der Waals surface area contributed by atoms with E-state index in [-0.39, 0.29) is 35.4 Å². The van der Waals surface area contributed by atoms with E-state index in [4.69, 9.17) is 14.2 Å². The summed E-state index contributed by atoms with van der Waals surface area (Å²) in [5, 5.41) is 8.56. The number of anilines is 6. The van der Waals surface area contributed by atoms with E-state index in [2.05, 4.69) is 40.8 Å². The summed E-state index contributed by atoms with van der Waals surface area (Å²) in [6.07, 6.45) is 2.72. The molecule has 3 aromatic heterocycles. The number of pyridine rings is 2. The van der Waals surface area contributed by atoms with E-state index in [9.17, 15) is 9.18 Å². The van der Waals surface area contributed by atoms with Gasteiger partial charge in [0.15, 0.2) is 28.8 Å². The van der Waals surface area contributed by atoms with Gasteiger partial charge in [0.05, 0.1) is 37.4 Å². The van der Waals surface area contributed by atoms with Gasteiger partial charge in [0.2, 0.25) is 5.95 Å². The molecule has 200 valence electrons.